The first-order valence-corrected chi connectivity index (χ1v) is 15.7. The normalized spacial score (nSPS) is 11.5. The summed E-state index contributed by atoms with van der Waals surface area (Å²) in [6, 6.07) is 42.7. The van der Waals surface area contributed by atoms with Gasteiger partial charge >= 0.3 is 0 Å². The van der Waals surface area contributed by atoms with Gasteiger partial charge in [0.15, 0.2) is 5.65 Å². The lowest BCUT2D eigenvalue weighted by atomic mass is 9.94. The van der Waals surface area contributed by atoms with Crippen LogP contribution in [0.5, 0.6) is 5.75 Å². The second-order valence-corrected chi connectivity index (χ2v) is 11.7. The number of hydrogen-bond acceptors (Lipinski definition) is 5. The van der Waals surface area contributed by atoms with E-state index >= 15 is 0 Å². The summed E-state index contributed by atoms with van der Waals surface area (Å²) in [5.41, 5.74) is 8.53. The zero-order chi connectivity index (χ0) is 32.2. The number of pyridine rings is 2. The quantitative estimate of drug-likeness (QED) is 0.187. The molecule has 228 valence electrons. The lowest BCUT2D eigenvalue weighted by Gasteiger charge is -2.15. The molecule has 7 heteroatoms. The number of para-hydroxylation sites is 1. The first kappa shape index (κ1) is 27.7. The number of aromatic nitrogens is 5. The molecule has 0 saturated heterocycles. The number of benzene rings is 5. The topological polar surface area (TPSA) is 96.5 Å². The van der Waals surface area contributed by atoms with Crippen molar-refractivity contribution in [1.82, 2.24) is 24.9 Å². The minimum absolute atomic E-state index is 0.266. The molecule has 0 aliphatic carbocycles. The zero-order valence-corrected chi connectivity index (χ0v) is 25.9. The molecule has 4 heterocycles. The van der Waals surface area contributed by atoms with E-state index < -0.39 is 0 Å². The highest BCUT2D eigenvalue weighted by Gasteiger charge is 2.24. The summed E-state index contributed by atoms with van der Waals surface area (Å²) >= 11 is 0. The smallest absolute Gasteiger partial charge is 0.260 e. The van der Waals surface area contributed by atoms with Gasteiger partial charge < -0.3 is 14.7 Å². The van der Waals surface area contributed by atoms with Crippen molar-refractivity contribution in [1.29, 1.82) is 0 Å². The van der Waals surface area contributed by atoms with Crippen LogP contribution in [0, 0.1) is 0 Å². The van der Waals surface area contributed by atoms with Gasteiger partial charge in [0.25, 0.3) is 5.56 Å². The van der Waals surface area contributed by atoms with E-state index in [0.717, 1.165) is 66.6 Å². The molecule has 0 fully saturated rings. The first-order chi connectivity index (χ1) is 23.7. The van der Waals surface area contributed by atoms with E-state index in [2.05, 4.69) is 58.5 Å². The van der Waals surface area contributed by atoms with Gasteiger partial charge in [-0.2, -0.15) is 0 Å². The van der Waals surface area contributed by atoms with Gasteiger partial charge in [-0.1, -0.05) is 97.1 Å². The number of aromatic amines is 2. The summed E-state index contributed by atoms with van der Waals surface area (Å²) in [5.74, 6) is 0.800. The lowest BCUT2D eigenvalue weighted by molar-refractivity contribution is 0.415. The maximum absolute atomic E-state index is 13.9. The molecule has 9 rings (SSSR count). The molecule has 5 aromatic carbocycles. The van der Waals surface area contributed by atoms with E-state index in [1.54, 1.807) is 7.11 Å². The van der Waals surface area contributed by atoms with E-state index in [1.165, 1.54) is 6.33 Å². The van der Waals surface area contributed by atoms with E-state index in [-0.39, 0.29) is 5.56 Å². The zero-order valence-electron chi connectivity index (χ0n) is 25.9. The van der Waals surface area contributed by atoms with Gasteiger partial charge in [0.2, 0.25) is 0 Å². The van der Waals surface area contributed by atoms with Gasteiger partial charge in [-0.25, -0.2) is 15.0 Å². The third kappa shape index (κ3) is 4.44. The molecule has 48 heavy (non-hydrogen) atoms. The molecular formula is C41H27N5O2. The van der Waals surface area contributed by atoms with Crippen LogP contribution in [0.1, 0.15) is 0 Å². The highest BCUT2D eigenvalue weighted by atomic mass is 16.5. The van der Waals surface area contributed by atoms with Gasteiger partial charge in [-0.05, 0) is 57.8 Å². The maximum Gasteiger partial charge on any atom is 0.260 e. The Labute approximate surface area is 274 Å². The monoisotopic (exact) mass is 621 g/mol. The lowest BCUT2D eigenvalue weighted by Crippen LogP contribution is -2.10. The Morgan fingerprint density at radius 1 is 0.667 bits per heavy atom. The molecule has 0 bridgehead atoms. The average Bonchev–Trinajstić information content (AvgIpc) is 3.54. The molecule has 4 aromatic heterocycles. The van der Waals surface area contributed by atoms with Crippen LogP contribution < -0.4 is 10.3 Å². The number of ether oxygens (including phenoxy) is 1. The van der Waals surface area contributed by atoms with Crippen molar-refractivity contribution in [3.8, 4) is 50.6 Å². The minimum atomic E-state index is -0.266. The maximum atomic E-state index is 13.9. The van der Waals surface area contributed by atoms with Crippen LogP contribution in [-0.2, 0) is 0 Å². The fourth-order valence-corrected chi connectivity index (χ4v) is 6.71. The number of hydrogen-bond donors (Lipinski definition) is 2. The van der Waals surface area contributed by atoms with Gasteiger partial charge in [-0.15, -0.1) is 0 Å². The Bertz CT molecular complexity index is 2730. The molecular weight excluding hydrogens is 594 g/mol. The van der Waals surface area contributed by atoms with Crippen LogP contribution in [0.15, 0.2) is 139 Å². The van der Waals surface area contributed by atoms with Crippen LogP contribution in [0.2, 0.25) is 0 Å². The number of rotatable bonds is 5. The molecule has 0 aliphatic rings. The van der Waals surface area contributed by atoms with Crippen LogP contribution >= 0.6 is 0 Å². The Morgan fingerprint density at radius 3 is 2.21 bits per heavy atom. The SMILES string of the molecule is COc1ccc2cc(-c3cc(-c4ccccc4)nc4nc(-c5c(-c6ccccc6)[nH]c6ccccc56)c5c(=O)[nH]cnc5c34)ccc2c1. The van der Waals surface area contributed by atoms with Crippen LogP contribution in [-0.4, -0.2) is 32.0 Å². The number of fused-ring (bicyclic) bond motifs is 5. The van der Waals surface area contributed by atoms with E-state index in [4.69, 9.17) is 19.7 Å². The first-order valence-electron chi connectivity index (χ1n) is 15.7. The predicted octanol–water partition coefficient (Wildman–Crippen LogP) is 9.18. The average molecular weight is 622 g/mol. The summed E-state index contributed by atoms with van der Waals surface area (Å²) in [5, 5.41) is 4.21. The molecule has 0 amide bonds. The molecule has 9 aromatic rings. The van der Waals surface area contributed by atoms with E-state index in [0.29, 0.717) is 27.6 Å². The third-order valence-corrected chi connectivity index (χ3v) is 8.98. The fourth-order valence-electron chi connectivity index (χ4n) is 6.71. The van der Waals surface area contributed by atoms with Crippen LogP contribution in [0.25, 0.3) is 88.5 Å². The summed E-state index contributed by atoms with van der Waals surface area (Å²) < 4.78 is 5.46. The Kier molecular flexibility index (Phi) is 6.36. The van der Waals surface area contributed by atoms with E-state index in [1.807, 2.05) is 78.9 Å². The third-order valence-electron chi connectivity index (χ3n) is 8.98. The van der Waals surface area contributed by atoms with Gasteiger partial charge in [-0.3, -0.25) is 4.79 Å². The molecule has 0 aliphatic heterocycles. The summed E-state index contributed by atoms with van der Waals surface area (Å²) in [7, 11) is 1.67. The number of nitrogens with zero attached hydrogens (tertiary/aromatic N) is 3. The summed E-state index contributed by atoms with van der Waals surface area (Å²) in [6.07, 6.45) is 1.46. The summed E-state index contributed by atoms with van der Waals surface area (Å²) in [4.78, 5) is 35.6. The molecule has 7 nitrogen and oxygen atoms in total. The van der Waals surface area contributed by atoms with Crippen molar-refractivity contribution in [3.63, 3.8) is 0 Å². The number of nitrogens with one attached hydrogen (secondary N) is 2. The standard InChI is InChI=1S/C41H27N5O2/c1-48-29-19-18-26-20-28(17-16-27(26)21-29)31-22-33(24-10-4-2-5-11-24)45-40-35(31)38-36(41(47)43-23-42-38)39(46-40)34-30-14-8-9-15-32(30)44-37(34)25-12-6-3-7-13-25/h2-23,44H,1H3,(H,42,43,47). The van der Waals surface area contributed by atoms with Gasteiger partial charge in [0.1, 0.15) is 5.75 Å². The van der Waals surface area contributed by atoms with Crippen molar-refractivity contribution in [2.24, 2.45) is 0 Å². The van der Waals surface area contributed by atoms with Crippen molar-refractivity contribution in [3.05, 3.63) is 144 Å². The second kappa shape index (κ2) is 11.0. The van der Waals surface area contributed by atoms with Crippen molar-refractivity contribution >= 4 is 43.6 Å². The molecule has 0 saturated carbocycles. The Balaban J connectivity index is 1.42. The molecule has 0 unspecified atom stereocenters. The molecule has 2 N–H and O–H groups in total. The van der Waals surface area contributed by atoms with Crippen LogP contribution in [0.4, 0.5) is 0 Å². The fraction of sp³-hybridized carbons (Fsp3) is 0.0244. The highest BCUT2D eigenvalue weighted by molar-refractivity contribution is 6.17. The highest BCUT2D eigenvalue weighted by Crippen LogP contribution is 2.43. The van der Waals surface area contributed by atoms with Crippen molar-refractivity contribution in [2.45, 2.75) is 0 Å². The Hall–Kier alpha value is -6.60. The van der Waals surface area contributed by atoms with E-state index in [9.17, 15) is 4.79 Å². The second-order valence-electron chi connectivity index (χ2n) is 11.7. The predicted molar refractivity (Wildman–Crippen MR) is 193 cm³/mol. The molecule has 0 radical (unpaired) electrons. The number of methoxy groups -OCH3 is 1. The van der Waals surface area contributed by atoms with Crippen molar-refractivity contribution < 1.29 is 4.74 Å². The van der Waals surface area contributed by atoms with Gasteiger partial charge in [0, 0.05) is 22.0 Å². The van der Waals surface area contributed by atoms with Gasteiger partial charge in [0.05, 0.1) is 46.8 Å². The Morgan fingerprint density at radius 2 is 1.40 bits per heavy atom. The number of H-pyrrole nitrogens is 2. The molecule has 0 atom stereocenters. The summed E-state index contributed by atoms with van der Waals surface area (Å²) in [6.45, 7) is 0. The largest absolute Gasteiger partial charge is 0.497 e. The van der Waals surface area contributed by atoms with Crippen LogP contribution in [0.3, 0.4) is 0 Å². The minimum Gasteiger partial charge on any atom is -0.497 e. The molecule has 0 spiro atoms. The van der Waals surface area contributed by atoms with Crippen molar-refractivity contribution in [2.75, 3.05) is 7.11 Å².